The van der Waals surface area contributed by atoms with E-state index in [9.17, 15) is 13.2 Å². The summed E-state index contributed by atoms with van der Waals surface area (Å²) in [6, 6.07) is 9.63. The summed E-state index contributed by atoms with van der Waals surface area (Å²) in [5.41, 5.74) is 0.801. The topological polar surface area (TPSA) is 54.5 Å². The van der Waals surface area contributed by atoms with Gasteiger partial charge in [0.25, 0.3) is 5.91 Å². The van der Waals surface area contributed by atoms with Crippen LogP contribution in [-0.4, -0.2) is 31.1 Å². The van der Waals surface area contributed by atoms with Crippen molar-refractivity contribution in [2.45, 2.75) is 6.42 Å². The number of nitrogens with zero attached hydrogens (tertiary/aromatic N) is 1. The molecule has 4 nitrogen and oxygen atoms in total. The van der Waals surface area contributed by atoms with Crippen LogP contribution in [-0.2, 0) is 10.3 Å². The Morgan fingerprint density at radius 2 is 2.16 bits per heavy atom. The second kappa shape index (κ2) is 5.67. The lowest BCUT2D eigenvalue weighted by molar-refractivity contribution is 0.0842. The average Bonchev–Trinajstić information content (AvgIpc) is 2.46. The molecule has 1 amide bonds. The lowest BCUT2D eigenvalue weighted by Crippen LogP contribution is -2.31. The van der Waals surface area contributed by atoms with Crippen LogP contribution < -0.4 is 0 Å². The van der Waals surface area contributed by atoms with Crippen LogP contribution in [0.15, 0.2) is 48.2 Å². The molecular weight excluding hydrogens is 262 g/mol. The van der Waals surface area contributed by atoms with Gasteiger partial charge in [0.05, 0.1) is 10.6 Å². The Hall–Kier alpha value is -2.14. The molecule has 0 fully saturated rings. The maximum atomic E-state index is 12.2. The van der Waals surface area contributed by atoms with E-state index in [1.807, 2.05) is 0 Å². The number of allylic oxidation sites excluding steroid dienone is 4. The second-order valence-electron chi connectivity index (χ2n) is 3.98. The van der Waals surface area contributed by atoms with Gasteiger partial charge in [0.1, 0.15) is 0 Å². The highest BCUT2D eigenvalue weighted by atomic mass is 32.2. The normalized spacial score (nSPS) is 13.9. The zero-order valence-electron chi connectivity index (χ0n) is 10.3. The van der Waals surface area contributed by atoms with Gasteiger partial charge in [-0.2, -0.15) is 8.42 Å². The fourth-order valence-electron chi connectivity index (χ4n) is 1.80. The van der Waals surface area contributed by atoms with Crippen LogP contribution in [0.1, 0.15) is 16.8 Å². The van der Waals surface area contributed by atoms with Crippen molar-refractivity contribution in [2.75, 3.05) is 7.05 Å². The molecule has 0 atom stereocenters. The van der Waals surface area contributed by atoms with Gasteiger partial charge in [0.15, 0.2) is 0 Å². The molecule has 0 aromatic heterocycles. The molecule has 0 spiro atoms. The van der Waals surface area contributed by atoms with Gasteiger partial charge in [-0.15, -0.1) is 0 Å². The van der Waals surface area contributed by atoms with E-state index in [1.54, 1.807) is 49.5 Å². The molecule has 0 saturated heterocycles. The quantitative estimate of drug-likeness (QED) is 0.767. The van der Waals surface area contributed by atoms with E-state index in [0.29, 0.717) is 17.7 Å². The molecule has 1 aliphatic carbocycles. The van der Waals surface area contributed by atoms with Crippen molar-refractivity contribution in [2.24, 2.45) is 0 Å². The fraction of sp³-hybridized carbons (Fsp3) is 0.143. The minimum absolute atomic E-state index is 0.217. The molecule has 1 aromatic carbocycles. The minimum atomic E-state index is -2.33. The predicted molar refractivity (Wildman–Crippen MR) is 73.1 cm³/mol. The van der Waals surface area contributed by atoms with E-state index in [1.165, 1.54) is 4.90 Å². The summed E-state index contributed by atoms with van der Waals surface area (Å²) in [7, 11) is -0.776. The molecule has 0 N–H and O–H groups in total. The van der Waals surface area contributed by atoms with E-state index in [0.717, 1.165) is 0 Å². The molecule has 1 radical (unpaired) electrons. The standard InChI is InChI=1S/C14H12NO3S/c1-15(14(16)11-7-3-2-4-8-11)12-9-5-6-10-13(12)19(17)18/h2-7,9H,10H2,1H3. The van der Waals surface area contributed by atoms with Gasteiger partial charge in [0.2, 0.25) is 10.3 Å². The fourth-order valence-corrected chi connectivity index (χ4v) is 2.41. The molecular formula is C14H12NO3S. The Bertz CT molecular complexity index is 677. The summed E-state index contributed by atoms with van der Waals surface area (Å²) in [6.45, 7) is 0. The first-order valence-corrected chi connectivity index (χ1v) is 6.76. The zero-order chi connectivity index (χ0) is 13.8. The number of carbonyl (C=O) groups excluding carboxylic acids is 1. The lowest BCUT2D eigenvalue weighted by Gasteiger charge is -2.21. The van der Waals surface area contributed by atoms with E-state index in [2.05, 4.69) is 6.07 Å². The highest BCUT2D eigenvalue weighted by Crippen LogP contribution is 2.15. The van der Waals surface area contributed by atoms with Crippen LogP contribution in [0.5, 0.6) is 0 Å². The van der Waals surface area contributed by atoms with E-state index in [-0.39, 0.29) is 10.8 Å². The SMILES string of the molecule is CN(C(=O)c1[c]cccc1)C1=CC=CCC1=S(=O)=O. The molecule has 19 heavy (non-hydrogen) atoms. The first kappa shape index (κ1) is 13.3. The third-order valence-electron chi connectivity index (χ3n) is 2.79. The van der Waals surface area contributed by atoms with Gasteiger partial charge in [-0.25, -0.2) is 0 Å². The van der Waals surface area contributed by atoms with Crippen molar-refractivity contribution in [1.29, 1.82) is 0 Å². The van der Waals surface area contributed by atoms with Gasteiger partial charge >= 0.3 is 0 Å². The first-order valence-electron chi connectivity index (χ1n) is 5.68. The second-order valence-corrected chi connectivity index (χ2v) is 4.94. The number of hydrogen-bond acceptors (Lipinski definition) is 3. The molecule has 0 aliphatic heterocycles. The summed E-state index contributed by atoms with van der Waals surface area (Å²) in [4.78, 5) is 13.8. The summed E-state index contributed by atoms with van der Waals surface area (Å²) < 4.78 is 22.3. The molecule has 0 bridgehead atoms. The third-order valence-corrected chi connectivity index (χ3v) is 3.56. The smallest absolute Gasteiger partial charge is 0.258 e. The average molecular weight is 274 g/mol. The first-order chi connectivity index (χ1) is 9.11. The Morgan fingerprint density at radius 3 is 2.79 bits per heavy atom. The number of carbonyl (C=O) groups is 1. The Labute approximate surface area is 113 Å². The van der Waals surface area contributed by atoms with Crippen LogP contribution in [0.4, 0.5) is 0 Å². The van der Waals surface area contributed by atoms with E-state index < -0.39 is 10.3 Å². The molecule has 1 aromatic rings. The summed E-state index contributed by atoms with van der Waals surface area (Å²) >= 11 is 0. The summed E-state index contributed by atoms with van der Waals surface area (Å²) in [5, 5.41) is 0. The number of benzene rings is 1. The van der Waals surface area contributed by atoms with Gasteiger partial charge in [-0.3, -0.25) is 4.79 Å². The van der Waals surface area contributed by atoms with E-state index in [4.69, 9.17) is 0 Å². The Morgan fingerprint density at radius 1 is 1.37 bits per heavy atom. The van der Waals surface area contributed by atoms with Crippen molar-refractivity contribution in [3.63, 3.8) is 0 Å². The molecule has 2 rings (SSSR count). The minimum Gasteiger partial charge on any atom is -0.310 e. The van der Waals surface area contributed by atoms with Crippen molar-refractivity contribution >= 4 is 21.1 Å². The Balaban J connectivity index is 2.37. The van der Waals surface area contributed by atoms with Crippen molar-refractivity contribution in [1.82, 2.24) is 4.90 Å². The molecule has 97 valence electrons. The Kier molecular flexibility index (Phi) is 3.97. The van der Waals surface area contributed by atoms with Crippen LogP contribution in [0.3, 0.4) is 0 Å². The highest BCUT2D eigenvalue weighted by Gasteiger charge is 2.20. The predicted octanol–water partition coefficient (Wildman–Crippen LogP) is 1.45. The maximum absolute atomic E-state index is 12.2. The molecule has 5 heteroatoms. The number of hydrogen-bond donors (Lipinski definition) is 0. The third kappa shape index (κ3) is 2.82. The van der Waals surface area contributed by atoms with Crippen LogP contribution in [0.2, 0.25) is 0 Å². The van der Waals surface area contributed by atoms with Crippen molar-refractivity contribution in [3.05, 3.63) is 59.8 Å². The maximum Gasteiger partial charge on any atom is 0.258 e. The van der Waals surface area contributed by atoms with Gasteiger partial charge in [-0.05, 0) is 18.2 Å². The van der Waals surface area contributed by atoms with Crippen LogP contribution in [0.25, 0.3) is 0 Å². The molecule has 0 heterocycles. The number of amides is 1. The van der Waals surface area contributed by atoms with Crippen molar-refractivity contribution < 1.29 is 13.2 Å². The largest absolute Gasteiger partial charge is 0.310 e. The highest BCUT2D eigenvalue weighted by molar-refractivity contribution is 7.73. The molecule has 1 aliphatic rings. The van der Waals surface area contributed by atoms with E-state index >= 15 is 0 Å². The number of rotatable bonds is 2. The molecule has 0 saturated carbocycles. The van der Waals surface area contributed by atoms with Gasteiger partial charge < -0.3 is 4.90 Å². The zero-order valence-corrected chi connectivity index (χ0v) is 11.1. The monoisotopic (exact) mass is 274 g/mol. The summed E-state index contributed by atoms with van der Waals surface area (Å²) in [6.07, 6.45) is 5.40. The summed E-state index contributed by atoms with van der Waals surface area (Å²) in [5.74, 6) is -0.287. The lowest BCUT2D eigenvalue weighted by atomic mass is 10.1. The molecule has 0 unspecified atom stereocenters. The van der Waals surface area contributed by atoms with Crippen LogP contribution >= 0.6 is 0 Å². The van der Waals surface area contributed by atoms with Crippen LogP contribution in [0, 0.1) is 6.07 Å². The van der Waals surface area contributed by atoms with Gasteiger partial charge in [0, 0.05) is 19.0 Å². The van der Waals surface area contributed by atoms with Crippen molar-refractivity contribution in [3.8, 4) is 0 Å². The van der Waals surface area contributed by atoms with Gasteiger partial charge in [-0.1, -0.05) is 30.4 Å².